The Morgan fingerprint density at radius 2 is 1.89 bits per heavy atom. The SMILES string of the molecule is Cc1ccc(NC(=O)[C@@H](C)OC(=O)c2oc3c(F)cccc3c2C)c(C)c1. The van der Waals surface area contributed by atoms with Gasteiger partial charge in [-0.3, -0.25) is 4.79 Å². The average Bonchev–Trinajstić information content (AvgIpc) is 2.96. The summed E-state index contributed by atoms with van der Waals surface area (Å²) in [6.45, 7) is 6.95. The Morgan fingerprint density at radius 3 is 2.56 bits per heavy atom. The van der Waals surface area contributed by atoms with E-state index < -0.39 is 23.8 Å². The summed E-state index contributed by atoms with van der Waals surface area (Å²) in [6, 6.07) is 10.1. The minimum atomic E-state index is -1.05. The van der Waals surface area contributed by atoms with E-state index in [1.54, 1.807) is 19.1 Å². The summed E-state index contributed by atoms with van der Waals surface area (Å²) in [7, 11) is 0. The molecule has 0 saturated carbocycles. The standard InChI is InChI=1S/C21H20FNO4/c1-11-8-9-17(12(2)10-11)23-20(24)14(4)26-21(25)18-13(3)15-6-5-7-16(22)19(15)27-18/h5-10,14H,1-4H3,(H,23,24)/t14-/m1/s1. The third-order valence-corrected chi connectivity index (χ3v) is 4.39. The van der Waals surface area contributed by atoms with Gasteiger partial charge in [-0.05, 0) is 45.4 Å². The molecular formula is C21H20FNO4. The smallest absolute Gasteiger partial charge is 0.375 e. The van der Waals surface area contributed by atoms with Gasteiger partial charge in [0.1, 0.15) is 0 Å². The van der Waals surface area contributed by atoms with Crippen molar-refractivity contribution in [2.24, 2.45) is 0 Å². The molecule has 0 aliphatic rings. The first kappa shape index (κ1) is 18.6. The van der Waals surface area contributed by atoms with Crippen LogP contribution >= 0.6 is 0 Å². The second-order valence-corrected chi connectivity index (χ2v) is 6.53. The van der Waals surface area contributed by atoms with Crippen LogP contribution in [0, 0.1) is 26.6 Å². The van der Waals surface area contributed by atoms with Crippen molar-refractivity contribution >= 4 is 28.5 Å². The van der Waals surface area contributed by atoms with E-state index in [4.69, 9.17) is 9.15 Å². The second-order valence-electron chi connectivity index (χ2n) is 6.53. The predicted molar refractivity (Wildman–Crippen MR) is 100 cm³/mol. The van der Waals surface area contributed by atoms with Crippen molar-refractivity contribution in [1.29, 1.82) is 0 Å². The number of hydrogen-bond donors (Lipinski definition) is 1. The molecule has 5 nitrogen and oxygen atoms in total. The van der Waals surface area contributed by atoms with Gasteiger partial charge in [0.25, 0.3) is 5.91 Å². The first-order chi connectivity index (χ1) is 12.8. The van der Waals surface area contributed by atoms with Gasteiger partial charge in [-0.15, -0.1) is 0 Å². The van der Waals surface area contributed by atoms with E-state index >= 15 is 0 Å². The van der Waals surface area contributed by atoms with Crippen LogP contribution in [0.4, 0.5) is 10.1 Å². The molecule has 0 aliphatic carbocycles. The van der Waals surface area contributed by atoms with Crippen LogP contribution in [0.1, 0.15) is 34.2 Å². The van der Waals surface area contributed by atoms with E-state index in [0.717, 1.165) is 11.1 Å². The summed E-state index contributed by atoms with van der Waals surface area (Å²) >= 11 is 0. The first-order valence-corrected chi connectivity index (χ1v) is 8.54. The Labute approximate surface area is 156 Å². The maximum absolute atomic E-state index is 13.8. The number of amides is 1. The van der Waals surface area contributed by atoms with Gasteiger partial charge in [-0.2, -0.15) is 0 Å². The third kappa shape index (κ3) is 3.69. The normalized spacial score (nSPS) is 12.0. The molecule has 0 unspecified atom stereocenters. The highest BCUT2D eigenvalue weighted by Gasteiger charge is 2.25. The highest BCUT2D eigenvalue weighted by Crippen LogP contribution is 2.28. The van der Waals surface area contributed by atoms with Crippen molar-refractivity contribution in [3.8, 4) is 0 Å². The predicted octanol–water partition coefficient (Wildman–Crippen LogP) is 4.68. The number of carbonyl (C=O) groups excluding carboxylic acids is 2. The highest BCUT2D eigenvalue weighted by atomic mass is 19.1. The van der Waals surface area contributed by atoms with Crippen molar-refractivity contribution in [2.45, 2.75) is 33.8 Å². The summed E-state index contributed by atoms with van der Waals surface area (Å²) in [5.41, 5.74) is 3.10. The summed E-state index contributed by atoms with van der Waals surface area (Å²) in [5.74, 6) is -1.95. The minimum absolute atomic E-state index is 0.00525. The van der Waals surface area contributed by atoms with Crippen molar-refractivity contribution in [3.05, 3.63) is 64.7 Å². The molecule has 0 bridgehead atoms. The zero-order valence-corrected chi connectivity index (χ0v) is 15.6. The maximum Gasteiger partial charge on any atom is 0.375 e. The lowest BCUT2D eigenvalue weighted by Gasteiger charge is -2.14. The summed E-state index contributed by atoms with van der Waals surface area (Å²) in [4.78, 5) is 24.8. The number of rotatable bonds is 4. The van der Waals surface area contributed by atoms with E-state index in [9.17, 15) is 14.0 Å². The number of halogens is 1. The maximum atomic E-state index is 13.8. The Kier molecular flexibility index (Phi) is 4.99. The first-order valence-electron chi connectivity index (χ1n) is 8.54. The number of para-hydroxylation sites is 1. The van der Waals surface area contributed by atoms with Crippen LogP contribution in [0.15, 0.2) is 40.8 Å². The summed E-state index contributed by atoms with van der Waals surface area (Å²) < 4.78 is 24.4. The molecule has 1 aromatic heterocycles. The van der Waals surface area contributed by atoms with Gasteiger partial charge in [-0.1, -0.05) is 29.8 Å². The summed E-state index contributed by atoms with van der Waals surface area (Å²) in [6.07, 6.45) is -1.05. The van der Waals surface area contributed by atoms with Crippen molar-refractivity contribution in [3.63, 3.8) is 0 Å². The molecule has 1 N–H and O–H groups in total. The molecule has 1 heterocycles. The van der Waals surface area contributed by atoms with Gasteiger partial charge in [0, 0.05) is 16.6 Å². The lowest BCUT2D eigenvalue weighted by molar-refractivity contribution is -0.123. The number of carbonyl (C=O) groups is 2. The van der Waals surface area contributed by atoms with Crippen LogP contribution < -0.4 is 5.32 Å². The number of anilines is 1. The van der Waals surface area contributed by atoms with Gasteiger partial charge in [-0.25, -0.2) is 9.18 Å². The average molecular weight is 369 g/mol. The van der Waals surface area contributed by atoms with Crippen molar-refractivity contribution in [2.75, 3.05) is 5.32 Å². The van der Waals surface area contributed by atoms with E-state index in [0.29, 0.717) is 16.6 Å². The van der Waals surface area contributed by atoms with Gasteiger partial charge in [0.2, 0.25) is 5.76 Å². The molecule has 1 amide bonds. The molecule has 27 heavy (non-hydrogen) atoms. The Balaban J connectivity index is 1.74. The molecule has 2 aromatic carbocycles. The number of fused-ring (bicyclic) bond motifs is 1. The number of benzene rings is 2. The number of aryl methyl sites for hydroxylation is 3. The van der Waals surface area contributed by atoms with E-state index in [2.05, 4.69) is 5.32 Å². The van der Waals surface area contributed by atoms with E-state index in [-0.39, 0.29) is 11.3 Å². The van der Waals surface area contributed by atoms with Gasteiger partial charge < -0.3 is 14.5 Å². The third-order valence-electron chi connectivity index (χ3n) is 4.39. The van der Waals surface area contributed by atoms with E-state index in [1.165, 1.54) is 19.1 Å². The highest BCUT2D eigenvalue weighted by molar-refractivity contribution is 5.99. The lowest BCUT2D eigenvalue weighted by Crippen LogP contribution is -2.30. The van der Waals surface area contributed by atoms with Gasteiger partial charge >= 0.3 is 5.97 Å². The van der Waals surface area contributed by atoms with Crippen LogP contribution in [-0.2, 0) is 9.53 Å². The molecule has 140 valence electrons. The Hall–Kier alpha value is -3.15. The van der Waals surface area contributed by atoms with E-state index in [1.807, 2.05) is 26.0 Å². The molecule has 0 saturated heterocycles. The quantitative estimate of drug-likeness (QED) is 0.678. The Morgan fingerprint density at radius 1 is 1.15 bits per heavy atom. The minimum Gasteiger partial charge on any atom is -0.447 e. The zero-order valence-electron chi connectivity index (χ0n) is 15.6. The lowest BCUT2D eigenvalue weighted by atomic mass is 10.1. The fraction of sp³-hybridized carbons (Fsp3) is 0.238. The van der Waals surface area contributed by atoms with Crippen LogP contribution in [0.5, 0.6) is 0 Å². The monoisotopic (exact) mass is 369 g/mol. The summed E-state index contributed by atoms with van der Waals surface area (Å²) in [5, 5.41) is 3.23. The topological polar surface area (TPSA) is 68.5 Å². The Bertz CT molecular complexity index is 1040. The molecule has 3 rings (SSSR count). The number of hydrogen-bond acceptors (Lipinski definition) is 4. The molecule has 0 fully saturated rings. The number of esters is 1. The number of furan rings is 1. The fourth-order valence-corrected chi connectivity index (χ4v) is 2.86. The van der Waals surface area contributed by atoms with Crippen LogP contribution in [-0.4, -0.2) is 18.0 Å². The molecule has 6 heteroatoms. The largest absolute Gasteiger partial charge is 0.447 e. The van der Waals surface area contributed by atoms with Crippen LogP contribution in [0.2, 0.25) is 0 Å². The number of nitrogens with one attached hydrogen (secondary N) is 1. The molecule has 0 radical (unpaired) electrons. The fourth-order valence-electron chi connectivity index (χ4n) is 2.86. The number of ether oxygens (including phenoxy) is 1. The zero-order chi connectivity index (χ0) is 19.7. The molecule has 3 aromatic rings. The van der Waals surface area contributed by atoms with Gasteiger partial charge in [0.15, 0.2) is 17.5 Å². The van der Waals surface area contributed by atoms with Crippen molar-refractivity contribution < 1.29 is 23.1 Å². The molecule has 0 spiro atoms. The second kappa shape index (κ2) is 7.23. The van der Waals surface area contributed by atoms with Gasteiger partial charge in [0.05, 0.1) is 0 Å². The van der Waals surface area contributed by atoms with Crippen molar-refractivity contribution in [1.82, 2.24) is 0 Å². The van der Waals surface area contributed by atoms with Crippen LogP contribution in [0.3, 0.4) is 0 Å². The molecular weight excluding hydrogens is 349 g/mol. The molecule has 0 aliphatic heterocycles. The molecule has 1 atom stereocenters. The van der Waals surface area contributed by atoms with Crippen LogP contribution in [0.25, 0.3) is 11.0 Å².